The number of hydrogen-bond donors (Lipinski definition) is 0. The van der Waals surface area contributed by atoms with Crippen LogP contribution in [0.25, 0.3) is 0 Å². The first-order valence-electron chi connectivity index (χ1n) is 9.22. The van der Waals surface area contributed by atoms with Crippen LogP contribution < -0.4 is 0 Å². The van der Waals surface area contributed by atoms with Crippen LogP contribution in [0.4, 0.5) is 0 Å². The quantitative estimate of drug-likeness (QED) is 0.776. The van der Waals surface area contributed by atoms with Crippen molar-refractivity contribution in [3.8, 4) is 0 Å². The van der Waals surface area contributed by atoms with Crippen LogP contribution in [0.3, 0.4) is 0 Å². The first-order valence-corrected chi connectivity index (χ1v) is 9.22. The van der Waals surface area contributed by atoms with E-state index < -0.39 is 0 Å². The number of piperazine rings is 1. The van der Waals surface area contributed by atoms with Crippen LogP contribution in [0.15, 0.2) is 54.9 Å². The molecule has 0 N–H and O–H groups in total. The van der Waals surface area contributed by atoms with E-state index in [4.69, 9.17) is 4.74 Å². The van der Waals surface area contributed by atoms with E-state index in [9.17, 15) is 9.59 Å². The van der Waals surface area contributed by atoms with E-state index in [2.05, 4.69) is 9.88 Å². The molecular weight excluding hydrogens is 342 g/mol. The third kappa shape index (κ3) is 3.45. The summed E-state index contributed by atoms with van der Waals surface area (Å²) in [6, 6.07) is 13.5. The number of benzene rings is 1. The van der Waals surface area contributed by atoms with Crippen molar-refractivity contribution in [3.05, 3.63) is 66.0 Å². The van der Waals surface area contributed by atoms with Gasteiger partial charge in [0.2, 0.25) is 5.91 Å². The zero-order valence-electron chi connectivity index (χ0n) is 15.3. The zero-order chi connectivity index (χ0) is 18.8. The molecular formula is C21H23N3O3. The molecule has 6 heteroatoms. The van der Waals surface area contributed by atoms with E-state index in [0.29, 0.717) is 19.5 Å². The van der Waals surface area contributed by atoms with E-state index in [1.165, 1.54) is 7.11 Å². The topological polar surface area (TPSA) is 62.7 Å². The molecule has 0 radical (unpaired) electrons. The fraction of sp³-hybridized carbons (Fsp3) is 0.381. The predicted molar refractivity (Wildman–Crippen MR) is 99.5 cm³/mol. The van der Waals surface area contributed by atoms with Gasteiger partial charge >= 0.3 is 5.97 Å². The van der Waals surface area contributed by atoms with Crippen molar-refractivity contribution in [1.29, 1.82) is 0 Å². The van der Waals surface area contributed by atoms with Crippen molar-refractivity contribution in [3.63, 3.8) is 0 Å². The van der Waals surface area contributed by atoms with Crippen LogP contribution in [0, 0.1) is 5.92 Å². The zero-order valence-corrected chi connectivity index (χ0v) is 15.3. The molecule has 6 nitrogen and oxygen atoms in total. The summed E-state index contributed by atoms with van der Waals surface area (Å²) in [6.07, 6.45) is 4.20. The Bertz CT molecular complexity index is 812. The summed E-state index contributed by atoms with van der Waals surface area (Å²) in [7, 11) is 1.41. The molecule has 1 aromatic carbocycles. The molecule has 3 atom stereocenters. The lowest BCUT2D eigenvalue weighted by Gasteiger charge is -2.40. The molecule has 2 aliphatic heterocycles. The molecule has 0 saturated carbocycles. The largest absolute Gasteiger partial charge is 0.469 e. The van der Waals surface area contributed by atoms with Crippen molar-refractivity contribution >= 4 is 11.9 Å². The molecule has 27 heavy (non-hydrogen) atoms. The van der Waals surface area contributed by atoms with Gasteiger partial charge < -0.3 is 9.64 Å². The first kappa shape index (κ1) is 17.7. The lowest BCUT2D eigenvalue weighted by atomic mass is 9.93. The van der Waals surface area contributed by atoms with Crippen LogP contribution in [-0.4, -0.2) is 52.9 Å². The Balaban J connectivity index is 1.59. The molecule has 0 spiro atoms. The Labute approximate surface area is 158 Å². The van der Waals surface area contributed by atoms with Crippen molar-refractivity contribution in [2.75, 3.05) is 20.2 Å². The SMILES string of the molecule is COC(=O)[C@H]1C[C@H]2CN(Cc3cccnc3)CC(=O)N2[C@H]1c1ccccc1. The highest BCUT2D eigenvalue weighted by molar-refractivity contribution is 5.83. The highest BCUT2D eigenvalue weighted by atomic mass is 16.5. The van der Waals surface area contributed by atoms with Crippen LogP contribution >= 0.6 is 0 Å². The number of carbonyl (C=O) groups excluding carboxylic acids is 2. The van der Waals surface area contributed by atoms with E-state index in [1.54, 1.807) is 6.20 Å². The Morgan fingerprint density at radius 2 is 2.04 bits per heavy atom. The minimum Gasteiger partial charge on any atom is -0.469 e. The van der Waals surface area contributed by atoms with Crippen molar-refractivity contribution < 1.29 is 14.3 Å². The summed E-state index contributed by atoms with van der Waals surface area (Å²) in [5.41, 5.74) is 2.07. The average molecular weight is 365 g/mol. The third-order valence-electron chi connectivity index (χ3n) is 5.49. The summed E-state index contributed by atoms with van der Waals surface area (Å²) in [5.74, 6) is -0.509. The van der Waals surface area contributed by atoms with Crippen LogP contribution in [-0.2, 0) is 20.9 Å². The molecule has 0 bridgehead atoms. The van der Waals surface area contributed by atoms with E-state index >= 15 is 0 Å². The smallest absolute Gasteiger partial charge is 0.311 e. The third-order valence-corrected chi connectivity index (χ3v) is 5.49. The number of fused-ring (bicyclic) bond motifs is 1. The van der Waals surface area contributed by atoms with Gasteiger partial charge in [-0.2, -0.15) is 0 Å². The molecule has 0 aliphatic carbocycles. The maximum atomic E-state index is 13.0. The van der Waals surface area contributed by atoms with Gasteiger partial charge in [-0.3, -0.25) is 19.5 Å². The second kappa shape index (κ2) is 7.48. The normalized spacial score (nSPS) is 25.3. The van der Waals surface area contributed by atoms with E-state index in [0.717, 1.165) is 17.7 Å². The molecule has 1 aromatic heterocycles. The maximum absolute atomic E-state index is 13.0. The number of methoxy groups -OCH3 is 1. The van der Waals surface area contributed by atoms with Crippen molar-refractivity contribution in [2.24, 2.45) is 5.92 Å². The number of amides is 1. The fourth-order valence-electron chi connectivity index (χ4n) is 4.40. The van der Waals surface area contributed by atoms with Gasteiger partial charge in [-0.1, -0.05) is 36.4 Å². The fourth-order valence-corrected chi connectivity index (χ4v) is 4.40. The Morgan fingerprint density at radius 1 is 1.22 bits per heavy atom. The minimum atomic E-state index is -0.329. The number of esters is 1. The molecule has 2 saturated heterocycles. The molecule has 4 rings (SSSR count). The number of rotatable bonds is 4. The Kier molecular flexibility index (Phi) is 4.90. The standard InChI is InChI=1S/C21H23N3O3/c1-27-21(26)18-10-17-13-23(12-15-6-5-9-22-11-15)14-19(25)24(17)20(18)16-7-3-2-4-8-16/h2-9,11,17-18,20H,10,12-14H2,1H3/t17-,18-,20-/m0/s1. The molecule has 0 unspecified atom stereocenters. The minimum absolute atomic E-state index is 0.0113. The second-order valence-electron chi connectivity index (χ2n) is 7.21. The van der Waals surface area contributed by atoms with Crippen LogP contribution in [0.5, 0.6) is 0 Å². The number of hydrogen-bond acceptors (Lipinski definition) is 5. The summed E-state index contributed by atoms with van der Waals surface area (Å²) >= 11 is 0. The van der Waals surface area contributed by atoms with E-state index in [-0.39, 0.29) is 29.9 Å². The molecule has 1 amide bonds. The van der Waals surface area contributed by atoms with Gasteiger partial charge in [-0.25, -0.2) is 0 Å². The number of ether oxygens (including phenoxy) is 1. The summed E-state index contributed by atoms with van der Waals surface area (Å²) in [6.45, 7) is 1.78. The van der Waals surface area contributed by atoms with Crippen LogP contribution in [0.2, 0.25) is 0 Å². The predicted octanol–water partition coefficient (Wildman–Crippen LogP) is 2.03. The lowest BCUT2D eigenvalue weighted by molar-refractivity contribution is -0.147. The molecule has 140 valence electrons. The summed E-state index contributed by atoms with van der Waals surface area (Å²) in [5, 5.41) is 0. The molecule has 2 fully saturated rings. The second-order valence-corrected chi connectivity index (χ2v) is 7.21. The number of pyridine rings is 1. The average Bonchev–Trinajstić information content (AvgIpc) is 3.09. The lowest BCUT2D eigenvalue weighted by Crippen LogP contribution is -2.53. The van der Waals surface area contributed by atoms with E-state index in [1.807, 2.05) is 53.6 Å². The number of nitrogens with zero attached hydrogens (tertiary/aromatic N) is 3. The Hall–Kier alpha value is -2.73. The number of aromatic nitrogens is 1. The van der Waals surface area contributed by atoms with Crippen molar-refractivity contribution in [2.45, 2.75) is 25.0 Å². The van der Waals surface area contributed by atoms with Gasteiger partial charge in [0.25, 0.3) is 0 Å². The van der Waals surface area contributed by atoms with Gasteiger partial charge in [-0.15, -0.1) is 0 Å². The Morgan fingerprint density at radius 3 is 2.74 bits per heavy atom. The molecule has 2 aliphatic rings. The van der Waals surface area contributed by atoms with Gasteiger partial charge in [0, 0.05) is 31.5 Å². The highest BCUT2D eigenvalue weighted by Crippen LogP contribution is 2.43. The van der Waals surface area contributed by atoms with Crippen LogP contribution in [0.1, 0.15) is 23.6 Å². The monoisotopic (exact) mass is 365 g/mol. The number of carbonyl (C=O) groups is 2. The van der Waals surface area contributed by atoms with Crippen molar-refractivity contribution in [1.82, 2.24) is 14.8 Å². The molecule has 2 aromatic rings. The molecule has 3 heterocycles. The van der Waals surface area contributed by atoms with Gasteiger partial charge in [0.1, 0.15) is 0 Å². The maximum Gasteiger partial charge on any atom is 0.311 e. The summed E-state index contributed by atoms with van der Waals surface area (Å²) in [4.78, 5) is 33.7. The highest BCUT2D eigenvalue weighted by Gasteiger charge is 2.50. The first-order chi connectivity index (χ1) is 13.2. The van der Waals surface area contributed by atoms with Gasteiger partial charge in [-0.05, 0) is 23.6 Å². The van der Waals surface area contributed by atoms with Gasteiger partial charge in [0.05, 0.1) is 25.6 Å². The summed E-state index contributed by atoms with van der Waals surface area (Å²) < 4.78 is 5.05. The van der Waals surface area contributed by atoms with Gasteiger partial charge in [0.15, 0.2) is 0 Å².